The van der Waals surface area contributed by atoms with Gasteiger partial charge in [-0.05, 0) is 64.5 Å². The number of hydrogen-bond acceptors (Lipinski definition) is 4. The molecule has 0 unspecified atom stereocenters. The van der Waals surface area contributed by atoms with Crippen molar-refractivity contribution in [1.82, 2.24) is 0 Å². The minimum atomic E-state index is -3.95. The molecule has 0 radical (unpaired) electrons. The second kappa shape index (κ2) is 9.26. The van der Waals surface area contributed by atoms with Crippen molar-refractivity contribution in [1.29, 1.82) is 0 Å². The largest absolute Gasteiger partial charge is 0.496 e. The SMILES string of the molecule is COc1ccc(NS(=O)(=O)c2ccc(Cl)c(NC(=O)c3ccccc3Cl)c2)cc1Br. The third-order valence-corrected chi connectivity index (χ3v) is 6.68. The molecule has 0 fully saturated rings. The third kappa shape index (κ3) is 5.07. The molecule has 0 aliphatic rings. The van der Waals surface area contributed by atoms with Crippen LogP contribution in [0, 0.1) is 0 Å². The molecule has 0 aromatic heterocycles. The van der Waals surface area contributed by atoms with Gasteiger partial charge in [-0.25, -0.2) is 8.42 Å². The number of anilines is 2. The van der Waals surface area contributed by atoms with Crippen molar-refractivity contribution in [2.45, 2.75) is 4.90 Å². The second-order valence-corrected chi connectivity index (χ2v) is 9.38. The van der Waals surface area contributed by atoms with Crippen molar-refractivity contribution in [3.63, 3.8) is 0 Å². The fourth-order valence-electron chi connectivity index (χ4n) is 2.55. The van der Waals surface area contributed by atoms with Crippen molar-refractivity contribution in [2.75, 3.05) is 17.1 Å². The molecule has 0 saturated carbocycles. The van der Waals surface area contributed by atoms with Crippen LogP contribution in [-0.2, 0) is 10.0 Å². The molecule has 2 N–H and O–H groups in total. The number of methoxy groups -OCH3 is 1. The Morgan fingerprint density at radius 3 is 2.40 bits per heavy atom. The molecule has 0 spiro atoms. The number of nitrogens with one attached hydrogen (secondary N) is 2. The normalized spacial score (nSPS) is 11.1. The lowest BCUT2D eigenvalue weighted by Gasteiger charge is -2.13. The van der Waals surface area contributed by atoms with Crippen LogP contribution in [-0.4, -0.2) is 21.4 Å². The quantitative estimate of drug-likeness (QED) is 0.421. The van der Waals surface area contributed by atoms with E-state index in [2.05, 4.69) is 26.0 Å². The van der Waals surface area contributed by atoms with E-state index in [4.69, 9.17) is 27.9 Å². The topological polar surface area (TPSA) is 84.5 Å². The van der Waals surface area contributed by atoms with E-state index in [-0.39, 0.29) is 26.2 Å². The van der Waals surface area contributed by atoms with Crippen molar-refractivity contribution in [3.8, 4) is 5.75 Å². The zero-order chi connectivity index (χ0) is 21.9. The lowest BCUT2D eigenvalue weighted by atomic mass is 10.2. The van der Waals surface area contributed by atoms with Crippen LogP contribution in [0.3, 0.4) is 0 Å². The van der Waals surface area contributed by atoms with E-state index in [0.717, 1.165) is 0 Å². The van der Waals surface area contributed by atoms with E-state index >= 15 is 0 Å². The lowest BCUT2D eigenvalue weighted by Crippen LogP contribution is -2.15. The molecule has 156 valence electrons. The predicted octanol–water partition coefficient (Wildman–Crippen LogP) is 5.82. The summed E-state index contributed by atoms with van der Waals surface area (Å²) in [4.78, 5) is 12.4. The van der Waals surface area contributed by atoms with Crippen molar-refractivity contribution in [2.24, 2.45) is 0 Å². The number of rotatable bonds is 6. The first-order valence-corrected chi connectivity index (χ1v) is 11.5. The lowest BCUT2D eigenvalue weighted by molar-refractivity contribution is 0.102. The van der Waals surface area contributed by atoms with Gasteiger partial charge < -0.3 is 10.1 Å². The summed E-state index contributed by atoms with van der Waals surface area (Å²) in [6.45, 7) is 0. The van der Waals surface area contributed by atoms with E-state index in [9.17, 15) is 13.2 Å². The molecule has 3 aromatic carbocycles. The molecule has 0 heterocycles. The maximum absolute atomic E-state index is 12.8. The second-order valence-electron chi connectivity index (χ2n) is 6.03. The highest BCUT2D eigenvalue weighted by Crippen LogP contribution is 2.30. The smallest absolute Gasteiger partial charge is 0.261 e. The first kappa shape index (κ1) is 22.4. The minimum Gasteiger partial charge on any atom is -0.496 e. The number of carbonyl (C=O) groups is 1. The fourth-order valence-corrected chi connectivity index (χ4v) is 4.55. The number of halogens is 3. The molecule has 0 saturated heterocycles. The number of ether oxygens (including phenoxy) is 1. The van der Waals surface area contributed by atoms with Gasteiger partial charge in [-0.15, -0.1) is 0 Å². The molecular weight excluding hydrogens is 515 g/mol. The Kier molecular flexibility index (Phi) is 6.92. The van der Waals surface area contributed by atoms with Gasteiger partial charge in [0.2, 0.25) is 0 Å². The third-order valence-electron chi connectivity index (χ3n) is 4.02. The van der Waals surface area contributed by atoms with Gasteiger partial charge in [-0.2, -0.15) is 0 Å². The van der Waals surface area contributed by atoms with E-state index < -0.39 is 15.9 Å². The summed E-state index contributed by atoms with van der Waals surface area (Å²) in [7, 11) is -2.44. The van der Waals surface area contributed by atoms with Crippen molar-refractivity contribution < 1.29 is 17.9 Å². The van der Waals surface area contributed by atoms with Crippen LogP contribution in [0.25, 0.3) is 0 Å². The van der Waals surface area contributed by atoms with Gasteiger partial charge in [0.05, 0.1) is 43.5 Å². The molecule has 3 rings (SSSR count). The Morgan fingerprint density at radius 1 is 1.00 bits per heavy atom. The Bertz CT molecular complexity index is 1220. The van der Waals surface area contributed by atoms with E-state index in [1.54, 1.807) is 42.5 Å². The number of carbonyl (C=O) groups excluding carboxylic acids is 1. The van der Waals surface area contributed by atoms with Crippen LogP contribution in [0.4, 0.5) is 11.4 Å². The summed E-state index contributed by atoms with van der Waals surface area (Å²) >= 11 is 15.5. The molecule has 1 amide bonds. The zero-order valence-electron chi connectivity index (χ0n) is 15.4. The van der Waals surface area contributed by atoms with Crippen molar-refractivity contribution in [3.05, 3.63) is 80.7 Å². The van der Waals surface area contributed by atoms with Crippen molar-refractivity contribution >= 4 is 66.4 Å². The summed E-state index contributed by atoms with van der Waals surface area (Å²) in [5, 5.41) is 3.04. The molecule has 0 bridgehead atoms. The Labute approximate surface area is 192 Å². The molecular formula is C20H15BrCl2N2O4S. The van der Waals surface area contributed by atoms with E-state index in [0.29, 0.717) is 15.9 Å². The van der Waals surface area contributed by atoms with Gasteiger partial charge in [0, 0.05) is 0 Å². The number of hydrogen-bond donors (Lipinski definition) is 2. The molecule has 6 nitrogen and oxygen atoms in total. The Balaban J connectivity index is 1.87. The molecule has 10 heteroatoms. The van der Waals surface area contributed by atoms with Gasteiger partial charge in [-0.3, -0.25) is 9.52 Å². The molecule has 0 atom stereocenters. The van der Waals surface area contributed by atoms with Crippen LogP contribution < -0.4 is 14.8 Å². The highest BCUT2D eigenvalue weighted by Gasteiger charge is 2.18. The predicted molar refractivity (Wildman–Crippen MR) is 122 cm³/mol. The maximum Gasteiger partial charge on any atom is 0.261 e. The Hall–Kier alpha value is -2.26. The van der Waals surface area contributed by atoms with Crippen LogP contribution in [0.5, 0.6) is 5.75 Å². The molecule has 0 aliphatic heterocycles. The highest BCUT2D eigenvalue weighted by molar-refractivity contribution is 9.10. The highest BCUT2D eigenvalue weighted by atomic mass is 79.9. The first-order valence-electron chi connectivity index (χ1n) is 8.43. The average Bonchev–Trinajstić information content (AvgIpc) is 2.69. The van der Waals surface area contributed by atoms with Gasteiger partial charge in [0.25, 0.3) is 15.9 Å². The zero-order valence-corrected chi connectivity index (χ0v) is 19.4. The van der Waals surface area contributed by atoms with Crippen LogP contribution >= 0.6 is 39.1 Å². The van der Waals surface area contributed by atoms with Crippen LogP contribution in [0.2, 0.25) is 10.0 Å². The van der Waals surface area contributed by atoms with E-state index in [1.807, 2.05) is 0 Å². The summed E-state index contributed by atoms with van der Waals surface area (Å²) in [5.41, 5.74) is 0.712. The number of benzene rings is 3. The molecule has 3 aromatic rings. The van der Waals surface area contributed by atoms with Crippen LogP contribution in [0.15, 0.2) is 70.0 Å². The summed E-state index contributed by atoms with van der Waals surface area (Å²) in [5.74, 6) is 0.0538. The summed E-state index contributed by atoms with van der Waals surface area (Å²) in [6, 6.07) is 15.3. The summed E-state index contributed by atoms with van der Waals surface area (Å²) < 4.78 is 33.8. The van der Waals surface area contributed by atoms with Gasteiger partial charge in [0.1, 0.15) is 5.75 Å². The van der Waals surface area contributed by atoms with Gasteiger partial charge in [-0.1, -0.05) is 35.3 Å². The summed E-state index contributed by atoms with van der Waals surface area (Å²) in [6.07, 6.45) is 0. The standard InChI is InChI=1S/C20H15BrCl2N2O4S/c1-29-19-9-6-12(10-15(19)21)25-30(27,28)13-7-8-17(23)18(11-13)24-20(26)14-4-2-3-5-16(14)22/h2-11,25H,1H3,(H,24,26). The van der Waals surface area contributed by atoms with Crippen LogP contribution in [0.1, 0.15) is 10.4 Å². The monoisotopic (exact) mass is 528 g/mol. The molecule has 0 aliphatic carbocycles. The number of sulfonamides is 1. The van der Waals surface area contributed by atoms with Gasteiger partial charge >= 0.3 is 0 Å². The Morgan fingerprint density at radius 2 is 1.73 bits per heavy atom. The van der Waals surface area contributed by atoms with E-state index in [1.165, 1.54) is 25.3 Å². The average molecular weight is 530 g/mol. The minimum absolute atomic E-state index is 0.0756. The maximum atomic E-state index is 12.8. The van der Waals surface area contributed by atoms with Gasteiger partial charge in [0.15, 0.2) is 0 Å². The number of amides is 1. The first-order chi connectivity index (χ1) is 14.2. The molecule has 30 heavy (non-hydrogen) atoms. The fraction of sp³-hybridized carbons (Fsp3) is 0.0500.